The normalized spacial score (nSPS) is 11.7. The van der Waals surface area contributed by atoms with E-state index in [0.29, 0.717) is 11.3 Å². The highest BCUT2D eigenvalue weighted by Gasteiger charge is 2.20. The smallest absolute Gasteiger partial charge is 0.271 e. The maximum Gasteiger partial charge on any atom is 0.271 e. The summed E-state index contributed by atoms with van der Waals surface area (Å²) < 4.78 is 40.9. The number of aromatic amines is 1. The van der Waals surface area contributed by atoms with E-state index in [-0.39, 0.29) is 4.21 Å². The predicted octanol–water partition coefficient (Wildman–Crippen LogP) is 4.00. The highest BCUT2D eigenvalue weighted by molar-refractivity contribution is 7.94. The topological polar surface area (TPSA) is 74.8 Å². The van der Waals surface area contributed by atoms with Crippen molar-refractivity contribution in [2.75, 3.05) is 4.72 Å². The quantitative estimate of drug-likeness (QED) is 0.734. The van der Waals surface area contributed by atoms with E-state index in [4.69, 9.17) is 0 Å². The summed E-state index contributed by atoms with van der Waals surface area (Å²) in [7, 11) is -3.73. The van der Waals surface area contributed by atoms with E-state index in [2.05, 4.69) is 14.9 Å². The molecule has 0 atom stereocenters. The van der Waals surface area contributed by atoms with Gasteiger partial charge in [-0.3, -0.25) is 9.82 Å². The average molecular weight is 365 g/mol. The third-order valence-corrected chi connectivity index (χ3v) is 6.71. The molecule has 0 aliphatic rings. The Morgan fingerprint density at radius 3 is 2.54 bits per heavy atom. The van der Waals surface area contributed by atoms with E-state index in [9.17, 15) is 12.8 Å². The first-order valence-corrected chi connectivity index (χ1v) is 9.48. The minimum Gasteiger partial charge on any atom is -0.282 e. The third-order valence-electron chi connectivity index (χ3n) is 3.77. The second-order valence-electron chi connectivity index (χ2n) is 5.51. The molecule has 2 aromatic heterocycles. The average Bonchev–Trinajstić information content (AvgIpc) is 3.11. The molecule has 5 nitrogen and oxygen atoms in total. The van der Waals surface area contributed by atoms with E-state index in [1.165, 1.54) is 18.2 Å². The Hall–Kier alpha value is -2.19. The third kappa shape index (κ3) is 3.07. The van der Waals surface area contributed by atoms with E-state index in [1.54, 1.807) is 19.1 Å². The number of nitrogens with one attached hydrogen (secondary N) is 2. The molecule has 0 saturated carbocycles. The first kappa shape index (κ1) is 16.7. The predicted molar refractivity (Wildman–Crippen MR) is 93.3 cm³/mol. The Bertz CT molecular complexity index is 1010. The molecule has 24 heavy (non-hydrogen) atoms. The number of hydrogen-bond acceptors (Lipinski definition) is 4. The number of aromatic nitrogens is 2. The molecule has 3 aromatic rings. The van der Waals surface area contributed by atoms with Gasteiger partial charge >= 0.3 is 0 Å². The van der Waals surface area contributed by atoms with Gasteiger partial charge in [-0.2, -0.15) is 5.10 Å². The van der Waals surface area contributed by atoms with Crippen LogP contribution in [0, 0.1) is 26.6 Å². The van der Waals surface area contributed by atoms with Crippen molar-refractivity contribution >= 4 is 27.0 Å². The number of anilines is 1. The Labute approximate surface area is 143 Å². The van der Waals surface area contributed by atoms with E-state index < -0.39 is 15.8 Å². The van der Waals surface area contributed by atoms with Gasteiger partial charge in [-0.15, -0.1) is 11.3 Å². The molecule has 2 N–H and O–H groups in total. The Morgan fingerprint density at radius 1 is 1.17 bits per heavy atom. The van der Waals surface area contributed by atoms with Gasteiger partial charge in [0.1, 0.15) is 15.7 Å². The number of benzene rings is 1. The Morgan fingerprint density at radius 2 is 1.92 bits per heavy atom. The number of hydrogen-bond donors (Lipinski definition) is 2. The molecule has 2 heterocycles. The van der Waals surface area contributed by atoms with Crippen molar-refractivity contribution in [1.82, 2.24) is 10.2 Å². The van der Waals surface area contributed by atoms with Crippen LogP contribution in [-0.2, 0) is 10.0 Å². The monoisotopic (exact) mass is 365 g/mol. The molecular formula is C16H16FN3O2S2. The van der Waals surface area contributed by atoms with Crippen LogP contribution in [0.1, 0.15) is 16.8 Å². The summed E-state index contributed by atoms with van der Waals surface area (Å²) in [5.74, 6) is -0.404. The molecular weight excluding hydrogens is 349 g/mol. The highest BCUT2D eigenvalue weighted by atomic mass is 32.2. The summed E-state index contributed by atoms with van der Waals surface area (Å²) in [5, 5.41) is 7.11. The fourth-order valence-electron chi connectivity index (χ4n) is 2.25. The highest BCUT2D eigenvalue weighted by Crippen LogP contribution is 2.33. The molecule has 0 spiro atoms. The molecule has 8 heteroatoms. The maximum atomic E-state index is 13.1. The molecule has 0 unspecified atom stereocenters. The molecule has 0 amide bonds. The lowest BCUT2D eigenvalue weighted by atomic mass is 10.2. The van der Waals surface area contributed by atoms with Gasteiger partial charge in [-0.1, -0.05) is 0 Å². The van der Waals surface area contributed by atoms with Crippen LogP contribution in [0.3, 0.4) is 0 Å². The van der Waals surface area contributed by atoms with Gasteiger partial charge in [0.25, 0.3) is 10.0 Å². The van der Waals surface area contributed by atoms with E-state index in [1.807, 2.05) is 13.8 Å². The van der Waals surface area contributed by atoms with Crippen molar-refractivity contribution in [3.05, 3.63) is 53.0 Å². The summed E-state index contributed by atoms with van der Waals surface area (Å²) in [6.45, 7) is 5.49. The van der Waals surface area contributed by atoms with Crippen LogP contribution < -0.4 is 4.72 Å². The summed E-state index contributed by atoms with van der Waals surface area (Å²) in [5.41, 5.74) is 3.56. The molecule has 3 rings (SSSR count). The minimum absolute atomic E-state index is 0.182. The molecule has 126 valence electrons. The van der Waals surface area contributed by atoms with Crippen molar-refractivity contribution in [2.24, 2.45) is 0 Å². The molecule has 0 fully saturated rings. The van der Waals surface area contributed by atoms with Gasteiger partial charge in [0, 0.05) is 5.69 Å². The number of rotatable bonds is 4. The number of sulfonamides is 1. The van der Waals surface area contributed by atoms with E-state index >= 15 is 0 Å². The standard InChI is InChI=1S/C16H16FN3O2S2/c1-9-8-12(17)4-5-13(9)20-24(21,22)15-7-6-14(23-15)16-10(2)11(3)18-19-16/h4-8,20H,1-3H3,(H,18,19). The van der Waals surface area contributed by atoms with Crippen LogP contribution in [0.25, 0.3) is 10.6 Å². The second-order valence-corrected chi connectivity index (χ2v) is 8.50. The van der Waals surface area contributed by atoms with Crippen LogP contribution in [0.4, 0.5) is 10.1 Å². The van der Waals surface area contributed by atoms with Crippen molar-refractivity contribution in [3.63, 3.8) is 0 Å². The van der Waals surface area contributed by atoms with Gasteiger partial charge in [0.15, 0.2) is 0 Å². The molecule has 0 aliphatic heterocycles. The maximum absolute atomic E-state index is 13.1. The number of thiophene rings is 1. The fourth-order valence-corrected chi connectivity index (χ4v) is 4.74. The van der Waals surface area contributed by atoms with Crippen LogP contribution >= 0.6 is 11.3 Å². The number of aryl methyl sites for hydroxylation is 2. The lowest BCUT2D eigenvalue weighted by molar-refractivity contribution is 0.602. The molecule has 0 bridgehead atoms. The zero-order valence-corrected chi connectivity index (χ0v) is 15.0. The zero-order chi connectivity index (χ0) is 17.5. The lowest BCUT2D eigenvalue weighted by Gasteiger charge is -2.09. The Kier molecular flexibility index (Phi) is 4.18. The van der Waals surface area contributed by atoms with Crippen LogP contribution in [0.2, 0.25) is 0 Å². The molecule has 0 saturated heterocycles. The summed E-state index contributed by atoms with van der Waals surface area (Å²) in [4.78, 5) is 0.771. The van der Waals surface area contributed by atoms with Gasteiger partial charge < -0.3 is 0 Å². The lowest BCUT2D eigenvalue weighted by Crippen LogP contribution is -2.12. The number of halogens is 1. The molecule has 0 aliphatic carbocycles. The van der Waals surface area contributed by atoms with Crippen molar-refractivity contribution in [1.29, 1.82) is 0 Å². The number of nitrogens with zero attached hydrogens (tertiary/aromatic N) is 1. The van der Waals surface area contributed by atoms with E-state index in [0.717, 1.165) is 33.2 Å². The van der Waals surface area contributed by atoms with Crippen molar-refractivity contribution < 1.29 is 12.8 Å². The van der Waals surface area contributed by atoms with Crippen molar-refractivity contribution in [3.8, 4) is 10.6 Å². The zero-order valence-electron chi connectivity index (χ0n) is 13.3. The van der Waals surface area contributed by atoms with Crippen molar-refractivity contribution in [2.45, 2.75) is 25.0 Å². The molecule has 0 radical (unpaired) electrons. The van der Waals surface area contributed by atoms with Crippen LogP contribution in [0.15, 0.2) is 34.5 Å². The minimum atomic E-state index is -3.73. The summed E-state index contributed by atoms with van der Waals surface area (Å²) in [6.07, 6.45) is 0. The summed E-state index contributed by atoms with van der Waals surface area (Å²) >= 11 is 1.14. The van der Waals surface area contributed by atoms with Gasteiger partial charge in [0.05, 0.1) is 10.6 Å². The van der Waals surface area contributed by atoms with Gasteiger partial charge in [-0.05, 0) is 62.2 Å². The van der Waals surface area contributed by atoms with Gasteiger partial charge in [0.2, 0.25) is 0 Å². The summed E-state index contributed by atoms with van der Waals surface area (Å²) in [6, 6.07) is 7.20. The van der Waals surface area contributed by atoms with Crippen LogP contribution in [-0.4, -0.2) is 18.6 Å². The first-order chi connectivity index (χ1) is 11.3. The van der Waals surface area contributed by atoms with Gasteiger partial charge in [-0.25, -0.2) is 12.8 Å². The first-order valence-electron chi connectivity index (χ1n) is 7.18. The number of H-pyrrole nitrogens is 1. The Balaban J connectivity index is 1.92. The largest absolute Gasteiger partial charge is 0.282 e. The SMILES string of the molecule is Cc1cc(F)ccc1NS(=O)(=O)c1ccc(-c2n[nH]c(C)c2C)s1. The second kappa shape index (κ2) is 6.03. The fraction of sp³-hybridized carbons (Fsp3) is 0.188. The molecule has 1 aromatic carbocycles. The van der Waals surface area contributed by atoms with Crippen LogP contribution in [0.5, 0.6) is 0 Å².